The molecule has 0 aliphatic carbocycles. The van der Waals surface area contributed by atoms with E-state index in [1.54, 1.807) is 0 Å². The van der Waals surface area contributed by atoms with Crippen LogP contribution in [0.15, 0.2) is 18.2 Å². The Bertz CT molecular complexity index is 625. The number of hydrogen-bond donors (Lipinski definition) is 2. The summed E-state index contributed by atoms with van der Waals surface area (Å²) >= 11 is 0. The highest BCUT2D eigenvalue weighted by molar-refractivity contribution is 5.95. The summed E-state index contributed by atoms with van der Waals surface area (Å²) in [5, 5.41) is 2.73. The molecule has 1 aromatic rings. The molecule has 26 heavy (non-hydrogen) atoms. The average molecular weight is 372 g/mol. The normalized spacial score (nSPS) is 19.4. The van der Waals surface area contributed by atoms with Crippen LogP contribution in [0.2, 0.25) is 0 Å². The maximum absolute atomic E-state index is 13.1. The van der Waals surface area contributed by atoms with Crippen molar-refractivity contribution in [2.45, 2.75) is 25.4 Å². The quantitative estimate of drug-likeness (QED) is 0.843. The maximum atomic E-state index is 13.1. The number of alkyl halides is 3. The molecule has 2 heterocycles. The molecule has 1 aromatic carbocycles. The van der Waals surface area contributed by atoms with Crippen molar-refractivity contribution < 1.29 is 27.6 Å². The highest BCUT2D eigenvalue weighted by atomic mass is 19.4. The number of nitrogens with zero attached hydrogens (tertiary/aromatic N) is 1. The predicted molar refractivity (Wildman–Crippen MR) is 92.5 cm³/mol. The fourth-order valence-corrected chi connectivity index (χ4v) is 3.48. The molecular weight excluding hydrogens is 347 g/mol. The number of piperidine rings is 1. The van der Waals surface area contributed by atoms with Crippen LogP contribution in [0.1, 0.15) is 24.8 Å². The average Bonchev–Trinajstić information content (AvgIpc) is 2.62. The number of amides is 1. The zero-order chi connectivity index (χ0) is 18.6. The molecule has 1 amide bonds. The molecule has 8 heteroatoms. The van der Waals surface area contributed by atoms with Gasteiger partial charge < -0.3 is 19.9 Å². The van der Waals surface area contributed by atoms with E-state index in [1.807, 2.05) is 0 Å². The molecule has 2 saturated heterocycles. The van der Waals surface area contributed by atoms with Gasteiger partial charge in [0.25, 0.3) is 5.91 Å². The van der Waals surface area contributed by atoms with Gasteiger partial charge in [0.2, 0.25) is 0 Å². The van der Waals surface area contributed by atoms with Crippen LogP contribution < -0.4 is 15.1 Å². The van der Waals surface area contributed by atoms with Gasteiger partial charge in [-0.15, -0.1) is 0 Å². The molecule has 144 valence electrons. The Balaban J connectivity index is 1.78. The lowest BCUT2D eigenvalue weighted by atomic mass is 10.1. The Labute approximate surface area is 151 Å². The van der Waals surface area contributed by atoms with E-state index in [4.69, 9.17) is 4.74 Å². The van der Waals surface area contributed by atoms with Crippen molar-refractivity contribution in [1.82, 2.24) is 0 Å². The largest absolute Gasteiger partial charge is 0.416 e. The summed E-state index contributed by atoms with van der Waals surface area (Å²) in [6.45, 7) is 4.49. The number of nitrogens with one attached hydrogen (secondary N) is 2. The van der Waals surface area contributed by atoms with E-state index in [0.717, 1.165) is 62.5 Å². The Morgan fingerprint density at radius 1 is 1.15 bits per heavy atom. The number of halogens is 3. The number of morpholine rings is 1. The molecule has 5 nitrogen and oxygen atoms in total. The molecule has 0 saturated carbocycles. The van der Waals surface area contributed by atoms with Gasteiger partial charge in [0, 0.05) is 13.1 Å². The standard InChI is InChI=1S/C18H24F3N3O2/c19-18(20,21)14-4-5-16(24-6-2-1-3-7-24)15(12-14)22-17(25)13-23-8-10-26-11-9-23/h4-5,12H,1-3,6-11,13H2,(H,22,25)/p+1. The molecule has 0 spiro atoms. The minimum absolute atomic E-state index is 0.235. The van der Waals surface area contributed by atoms with Crippen molar-refractivity contribution in [2.75, 3.05) is 56.2 Å². The third-order valence-electron chi connectivity index (χ3n) is 4.91. The van der Waals surface area contributed by atoms with Gasteiger partial charge in [-0.1, -0.05) is 0 Å². The van der Waals surface area contributed by atoms with E-state index < -0.39 is 11.7 Å². The van der Waals surface area contributed by atoms with Crippen molar-refractivity contribution in [2.24, 2.45) is 0 Å². The summed E-state index contributed by atoms with van der Waals surface area (Å²) in [6.07, 6.45) is -1.30. The Morgan fingerprint density at radius 3 is 2.50 bits per heavy atom. The van der Waals surface area contributed by atoms with Crippen LogP contribution in [0.25, 0.3) is 0 Å². The number of benzene rings is 1. The van der Waals surface area contributed by atoms with Crippen LogP contribution in [0.5, 0.6) is 0 Å². The van der Waals surface area contributed by atoms with Crippen LogP contribution in [0, 0.1) is 0 Å². The highest BCUT2D eigenvalue weighted by Crippen LogP contribution is 2.36. The molecule has 2 fully saturated rings. The van der Waals surface area contributed by atoms with Crippen molar-refractivity contribution in [3.63, 3.8) is 0 Å². The summed E-state index contributed by atoms with van der Waals surface area (Å²) in [4.78, 5) is 15.5. The lowest BCUT2D eigenvalue weighted by molar-refractivity contribution is -0.899. The molecule has 2 aliphatic heterocycles. The topological polar surface area (TPSA) is 46.0 Å². The number of quaternary nitrogens is 1. The smallest absolute Gasteiger partial charge is 0.370 e. The first-order valence-electron chi connectivity index (χ1n) is 9.11. The van der Waals surface area contributed by atoms with Gasteiger partial charge in [-0.3, -0.25) is 4.79 Å². The first-order chi connectivity index (χ1) is 12.4. The number of hydrogen-bond acceptors (Lipinski definition) is 3. The second kappa shape index (κ2) is 8.26. The molecule has 2 N–H and O–H groups in total. The molecule has 0 atom stereocenters. The number of anilines is 2. The van der Waals surface area contributed by atoms with Crippen molar-refractivity contribution in [3.05, 3.63) is 23.8 Å². The van der Waals surface area contributed by atoms with Crippen molar-refractivity contribution in [3.8, 4) is 0 Å². The molecule has 0 bridgehead atoms. The lowest BCUT2D eigenvalue weighted by Crippen LogP contribution is -3.15. The zero-order valence-corrected chi connectivity index (χ0v) is 14.7. The van der Waals surface area contributed by atoms with Gasteiger partial charge in [-0.05, 0) is 37.5 Å². The van der Waals surface area contributed by atoms with Gasteiger partial charge >= 0.3 is 6.18 Å². The second-order valence-electron chi connectivity index (χ2n) is 6.86. The number of ether oxygens (including phenoxy) is 1. The molecular formula is C18H25F3N3O2+. The maximum Gasteiger partial charge on any atom is 0.416 e. The molecule has 0 radical (unpaired) electrons. The summed E-state index contributed by atoms with van der Waals surface area (Å²) in [5.74, 6) is -0.264. The predicted octanol–water partition coefficient (Wildman–Crippen LogP) is 1.55. The van der Waals surface area contributed by atoms with Crippen molar-refractivity contribution in [1.29, 1.82) is 0 Å². The third-order valence-corrected chi connectivity index (χ3v) is 4.91. The van der Waals surface area contributed by atoms with Crippen LogP contribution in [-0.2, 0) is 15.7 Å². The summed E-state index contributed by atoms with van der Waals surface area (Å²) in [7, 11) is 0. The Hall–Kier alpha value is -1.80. The SMILES string of the molecule is O=C(C[NH+]1CCOCC1)Nc1cc(C(F)(F)F)ccc1N1CCCCC1. The summed E-state index contributed by atoms with van der Waals surface area (Å²) in [6, 6.07) is 3.62. The first-order valence-corrected chi connectivity index (χ1v) is 9.11. The fourth-order valence-electron chi connectivity index (χ4n) is 3.48. The fraction of sp³-hybridized carbons (Fsp3) is 0.611. The van der Waals surface area contributed by atoms with Crippen LogP contribution in [0.4, 0.5) is 24.5 Å². The summed E-state index contributed by atoms with van der Waals surface area (Å²) < 4.78 is 44.6. The minimum atomic E-state index is -4.44. The van der Waals surface area contributed by atoms with Gasteiger partial charge in [0.1, 0.15) is 13.1 Å². The third kappa shape index (κ3) is 4.88. The zero-order valence-electron chi connectivity index (χ0n) is 14.7. The van der Waals surface area contributed by atoms with E-state index >= 15 is 0 Å². The first kappa shape index (κ1) is 19.0. The van der Waals surface area contributed by atoms with E-state index in [9.17, 15) is 18.0 Å². The molecule has 3 rings (SSSR count). The monoisotopic (exact) mass is 372 g/mol. The van der Waals surface area contributed by atoms with Crippen LogP contribution in [-0.4, -0.2) is 51.8 Å². The lowest BCUT2D eigenvalue weighted by Gasteiger charge is -2.31. The second-order valence-corrected chi connectivity index (χ2v) is 6.86. The van der Waals surface area contributed by atoms with Crippen molar-refractivity contribution >= 4 is 17.3 Å². The Morgan fingerprint density at radius 2 is 1.85 bits per heavy atom. The summed E-state index contributed by atoms with van der Waals surface area (Å²) in [5.41, 5.74) is 0.176. The van der Waals surface area contributed by atoms with Gasteiger partial charge in [0.05, 0.1) is 30.2 Å². The molecule has 0 unspecified atom stereocenters. The van der Waals surface area contributed by atoms with E-state index in [-0.39, 0.29) is 18.1 Å². The van der Waals surface area contributed by atoms with E-state index in [1.165, 1.54) is 6.07 Å². The van der Waals surface area contributed by atoms with E-state index in [2.05, 4.69) is 10.2 Å². The Kier molecular flexibility index (Phi) is 6.03. The van der Waals surface area contributed by atoms with Gasteiger partial charge in [0.15, 0.2) is 6.54 Å². The van der Waals surface area contributed by atoms with Crippen LogP contribution >= 0.6 is 0 Å². The van der Waals surface area contributed by atoms with Gasteiger partial charge in [-0.25, -0.2) is 0 Å². The number of carbonyl (C=O) groups excluding carboxylic acids is 1. The highest BCUT2D eigenvalue weighted by Gasteiger charge is 2.32. The minimum Gasteiger partial charge on any atom is -0.370 e. The molecule has 0 aromatic heterocycles. The van der Waals surface area contributed by atoms with Crippen LogP contribution in [0.3, 0.4) is 0 Å². The number of rotatable bonds is 4. The van der Waals surface area contributed by atoms with Gasteiger partial charge in [-0.2, -0.15) is 13.2 Å². The van der Waals surface area contributed by atoms with E-state index in [0.29, 0.717) is 18.9 Å². The molecule has 2 aliphatic rings. The number of carbonyl (C=O) groups is 1.